The van der Waals surface area contributed by atoms with Crippen LogP contribution in [0.4, 0.5) is 0 Å². The summed E-state index contributed by atoms with van der Waals surface area (Å²) in [6, 6.07) is 5.73. The van der Waals surface area contributed by atoms with E-state index in [0.29, 0.717) is 0 Å². The zero-order chi connectivity index (χ0) is 8.55. The molecule has 0 radical (unpaired) electrons. The molecule has 0 atom stereocenters. The van der Waals surface area contributed by atoms with Crippen molar-refractivity contribution < 1.29 is 0 Å². The Morgan fingerprint density at radius 2 is 2.00 bits per heavy atom. The van der Waals surface area contributed by atoms with E-state index in [9.17, 15) is 0 Å². The Labute approximate surface area is 83.5 Å². The summed E-state index contributed by atoms with van der Waals surface area (Å²) in [4.78, 5) is 4.01. The molecule has 1 aromatic heterocycles. The highest BCUT2D eigenvalue weighted by Crippen LogP contribution is 2.28. The zero-order valence-corrected chi connectivity index (χ0v) is 8.43. The first-order chi connectivity index (χ1) is 5.79. The first-order valence-corrected chi connectivity index (χ1v) is 4.64. The molecule has 2 rings (SSSR count). The molecule has 2 aromatic rings. The molecule has 0 bridgehead atoms. The minimum Gasteiger partial charge on any atom is -0.264 e. The van der Waals surface area contributed by atoms with Gasteiger partial charge in [-0.3, -0.25) is 4.98 Å². The summed E-state index contributed by atoms with van der Waals surface area (Å²) in [5.74, 6) is 0. The van der Waals surface area contributed by atoms with Gasteiger partial charge in [0.25, 0.3) is 0 Å². The second-order valence-corrected chi connectivity index (χ2v) is 3.71. The van der Waals surface area contributed by atoms with E-state index in [0.717, 1.165) is 20.3 Å². The first kappa shape index (κ1) is 8.02. The van der Waals surface area contributed by atoms with E-state index in [2.05, 4.69) is 20.9 Å². The zero-order valence-electron chi connectivity index (χ0n) is 6.09. The molecule has 0 saturated carbocycles. The number of aromatic nitrogens is 1. The minimum absolute atomic E-state index is 0.737. The highest BCUT2D eigenvalue weighted by Gasteiger charge is 2.00. The molecule has 0 amide bonds. The van der Waals surface area contributed by atoms with Crippen LogP contribution in [0.5, 0.6) is 0 Å². The van der Waals surface area contributed by atoms with E-state index >= 15 is 0 Å². The topological polar surface area (TPSA) is 12.9 Å². The van der Waals surface area contributed by atoms with Crippen molar-refractivity contribution in [1.82, 2.24) is 4.98 Å². The molecule has 0 spiro atoms. The van der Waals surface area contributed by atoms with Crippen LogP contribution >= 0.6 is 27.5 Å². The normalized spacial score (nSPS) is 10.5. The lowest BCUT2D eigenvalue weighted by Gasteiger charge is -2.00. The molecule has 0 unspecified atom stereocenters. The third kappa shape index (κ3) is 1.21. The van der Waals surface area contributed by atoms with Crippen molar-refractivity contribution in [2.75, 3.05) is 0 Å². The van der Waals surface area contributed by atoms with Crippen LogP contribution in [0.25, 0.3) is 10.8 Å². The number of nitrogens with zero attached hydrogens (tertiary/aromatic N) is 1. The Balaban J connectivity index is 2.95. The van der Waals surface area contributed by atoms with E-state index in [1.54, 1.807) is 12.4 Å². The van der Waals surface area contributed by atoms with Crippen LogP contribution in [0.2, 0.25) is 5.02 Å². The van der Waals surface area contributed by atoms with Gasteiger partial charge in [0.1, 0.15) is 0 Å². The van der Waals surface area contributed by atoms with Gasteiger partial charge in [-0.15, -0.1) is 0 Å². The maximum atomic E-state index is 5.97. The smallest absolute Gasteiger partial charge is 0.0500 e. The molecule has 0 fully saturated rings. The van der Waals surface area contributed by atoms with Gasteiger partial charge in [0.05, 0.1) is 5.02 Å². The van der Waals surface area contributed by atoms with Gasteiger partial charge in [-0.25, -0.2) is 0 Å². The fourth-order valence-corrected chi connectivity index (χ4v) is 1.81. The number of hydrogen-bond acceptors (Lipinski definition) is 1. The van der Waals surface area contributed by atoms with Crippen molar-refractivity contribution in [2.24, 2.45) is 0 Å². The largest absolute Gasteiger partial charge is 0.264 e. The fraction of sp³-hybridized carbons (Fsp3) is 0. The van der Waals surface area contributed by atoms with Gasteiger partial charge in [-0.05, 0) is 18.2 Å². The Morgan fingerprint density at radius 3 is 2.75 bits per heavy atom. The number of rotatable bonds is 0. The van der Waals surface area contributed by atoms with Crippen LogP contribution in [-0.4, -0.2) is 4.98 Å². The standard InChI is InChI=1S/C9H5BrClN/c10-8-1-2-9(11)7-5-12-4-3-6(7)8/h1-5H. The van der Waals surface area contributed by atoms with Gasteiger partial charge in [-0.1, -0.05) is 27.5 Å². The molecule has 1 aromatic carbocycles. The van der Waals surface area contributed by atoms with E-state index in [1.165, 1.54) is 0 Å². The van der Waals surface area contributed by atoms with Crippen LogP contribution in [0, 0.1) is 0 Å². The Hall–Kier alpha value is -0.600. The van der Waals surface area contributed by atoms with E-state index in [1.807, 2.05) is 18.2 Å². The summed E-state index contributed by atoms with van der Waals surface area (Å²) in [6.45, 7) is 0. The van der Waals surface area contributed by atoms with Crippen molar-refractivity contribution in [3.63, 3.8) is 0 Å². The number of benzene rings is 1. The van der Waals surface area contributed by atoms with Crippen LogP contribution in [-0.2, 0) is 0 Å². The van der Waals surface area contributed by atoms with Crippen molar-refractivity contribution in [3.8, 4) is 0 Å². The summed E-state index contributed by atoms with van der Waals surface area (Å²) in [5, 5.41) is 2.81. The lowest BCUT2D eigenvalue weighted by molar-refractivity contribution is 1.36. The summed E-state index contributed by atoms with van der Waals surface area (Å²) in [5.41, 5.74) is 0. The summed E-state index contributed by atoms with van der Waals surface area (Å²) >= 11 is 9.41. The summed E-state index contributed by atoms with van der Waals surface area (Å²) < 4.78 is 1.05. The Morgan fingerprint density at radius 1 is 1.17 bits per heavy atom. The fourth-order valence-electron chi connectivity index (χ4n) is 1.12. The van der Waals surface area contributed by atoms with Gasteiger partial charge in [0, 0.05) is 27.6 Å². The van der Waals surface area contributed by atoms with Gasteiger partial charge < -0.3 is 0 Å². The monoisotopic (exact) mass is 241 g/mol. The second kappa shape index (κ2) is 3.04. The lowest BCUT2D eigenvalue weighted by atomic mass is 10.2. The number of pyridine rings is 1. The second-order valence-electron chi connectivity index (χ2n) is 2.45. The molecular formula is C9H5BrClN. The first-order valence-electron chi connectivity index (χ1n) is 3.47. The average molecular weight is 243 g/mol. The predicted octanol–water partition coefficient (Wildman–Crippen LogP) is 3.65. The molecule has 0 aliphatic rings. The average Bonchev–Trinajstić information content (AvgIpc) is 2.12. The van der Waals surface area contributed by atoms with Crippen LogP contribution in [0.1, 0.15) is 0 Å². The third-order valence-electron chi connectivity index (χ3n) is 1.71. The molecular weight excluding hydrogens is 237 g/mol. The summed E-state index contributed by atoms with van der Waals surface area (Å²) in [7, 11) is 0. The molecule has 0 saturated heterocycles. The summed E-state index contributed by atoms with van der Waals surface area (Å²) in [6.07, 6.45) is 3.52. The van der Waals surface area contributed by atoms with Crippen molar-refractivity contribution >= 4 is 38.3 Å². The molecule has 0 aliphatic heterocycles. The quantitative estimate of drug-likeness (QED) is 0.687. The van der Waals surface area contributed by atoms with Gasteiger partial charge in [-0.2, -0.15) is 0 Å². The maximum absolute atomic E-state index is 5.97. The molecule has 0 N–H and O–H groups in total. The van der Waals surface area contributed by atoms with Crippen LogP contribution in [0.3, 0.4) is 0 Å². The van der Waals surface area contributed by atoms with Gasteiger partial charge >= 0.3 is 0 Å². The number of fused-ring (bicyclic) bond motifs is 1. The SMILES string of the molecule is Clc1ccc(Br)c2ccncc12. The minimum atomic E-state index is 0.737. The molecule has 0 aliphatic carbocycles. The van der Waals surface area contributed by atoms with Crippen LogP contribution in [0.15, 0.2) is 35.1 Å². The van der Waals surface area contributed by atoms with Gasteiger partial charge in [0.15, 0.2) is 0 Å². The molecule has 1 nitrogen and oxygen atoms in total. The van der Waals surface area contributed by atoms with Crippen molar-refractivity contribution in [3.05, 3.63) is 40.1 Å². The predicted molar refractivity (Wildman–Crippen MR) is 54.5 cm³/mol. The van der Waals surface area contributed by atoms with Gasteiger partial charge in [0.2, 0.25) is 0 Å². The van der Waals surface area contributed by atoms with E-state index in [-0.39, 0.29) is 0 Å². The maximum Gasteiger partial charge on any atom is 0.0500 e. The highest BCUT2D eigenvalue weighted by molar-refractivity contribution is 9.10. The molecule has 3 heteroatoms. The van der Waals surface area contributed by atoms with E-state index in [4.69, 9.17) is 11.6 Å². The van der Waals surface area contributed by atoms with Crippen molar-refractivity contribution in [2.45, 2.75) is 0 Å². The van der Waals surface area contributed by atoms with Crippen LogP contribution < -0.4 is 0 Å². The molecule has 12 heavy (non-hydrogen) atoms. The Bertz CT molecular complexity index is 387. The molecule has 1 heterocycles. The number of hydrogen-bond donors (Lipinski definition) is 0. The lowest BCUT2D eigenvalue weighted by Crippen LogP contribution is -1.77. The molecule has 60 valence electrons. The van der Waals surface area contributed by atoms with Crippen molar-refractivity contribution in [1.29, 1.82) is 0 Å². The Kier molecular flexibility index (Phi) is 2.03. The van der Waals surface area contributed by atoms with E-state index < -0.39 is 0 Å². The number of halogens is 2. The third-order valence-corrected chi connectivity index (χ3v) is 2.73. The highest BCUT2D eigenvalue weighted by atomic mass is 79.9.